The SMILES string of the molecule is CC.CC1CC=C(F)CC1. The number of rotatable bonds is 0. The lowest BCUT2D eigenvalue weighted by Gasteiger charge is -2.12. The molecule has 1 heteroatoms. The molecule has 0 aliphatic heterocycles. The van der Waals surface area contributed by atoms with E-state index < -0.39 is 0 Å². The first-order chi connectivity index (χ1) is 4.79. The van der Waals surface area contributed by atoms with Crippen LogP contribution < -0.4 is 0 Å². The quantitative estimate of drug-likeness (QED) is 0.486. The Hall–Kier alpha value is -0.330. The zero-order valence-electron chi connectivity index (χ0n) is 7.15. The van der Waals surface area contributed by atoms with Crippen molar-refractivity contribution in [2.75, 3.05) is 0 Å². The molecule has 0 aromatic rings. The molecule has 1 aliphatic rings. The Kier molecular flexibility index (Phi) is 5.27. The molecule has 0 fully saturated rings. The van der Waals surface area contributed by atoms with E-state index in [9.17, 15) is 4.39 Å². The lowest BCUT2D eigenvalue weighted by Crippen LogP contribution is -1.98. The molecular formula is C9H17F. The third kappa shape index (κ3) is 3.65. The summed E-state index contributed by atoms with van der Waals surface area (Å²) in [4.78, 5) is 0. The smallest absolute Gasteiger partial charge is 0.0960 e. The molecule has 0 aromatic carbocycles. The van der Waals surface area contributed by atoms with E-state index in [2.05, 4.69) is 6.92 Å². The highest BCUT2D eigenvalue weighted by molar-refractivity contribution is 4.96. The van der Waals surface area contributed by atoms with Gasteiger partial charge in [-0.15, -0.1) is 0 Å². The Balaban J connectivity index is 0.000000371. The summed E-state index contributed by atoms with van der Waals surface area (Å²) in [5.74, 6) is 0.789. The van der Waals surface area contributed by atoms with Crippen LogP contribution in [0.3, 0.4) is 0 Å². The molecule has 10 heavy (non-hydrogen) atoms. The Morgan fingerprint density at radius 2 is 2.10 bits per heavy atom. The normalized spacial score (nSPS) is 24.4. The molecule has 0 N–H and O–H groups in total. The Morgan fingerprint density at radius 1 is 1.50 bits per heavy atom. The largest absolute Gasteiger partial charge is 0.212 e. The van der Waals surface area contributed by atoms with Crippen LogP contribution in [0.4, 0.5) is 4.39 Å². The van der Waals surface area contributed by atoms with E-state index in [1.54, 1.807) is 6.08 Å². The molecule has 0 saturated carbocycles. The summed E-state index contributed by atoms with van der Waals surface area (Å²) >= 11 is 0. The van der Waals surface area contributed by atoms with E-state index in [4.69, 9.17) is 0 Å². The van der Waals surface area contributed by atoms with Gasteiger partial charge in [0.25, 0.3) is 0 Å². The van der Waals surface area contributed by atoms with Crippen molar-refractivity contribution in [1.82, 2.24) is 0 Å². The van der Waals surface area contributed by atoms with Crippen LogP contribution in [0.5, 0.6) is 0 Å². The first-order valence-electron chi connectivity index (χ1n) is 4.13. The summed E-state index contributed by atoms with van der Waals surface area (Å²) in [5, 5.41) is 0. The van der Waals surface area contributed by atoms with E-state index in [0.29, 0.717) is 12.3 Å². The van der Waals surface area contributed by atoms with Gasteiger partial charge in [0.05, 0.1) is 5.83 Å². The summed E-state index contributed by atoms with van der Waals surface area (Å²) in [6, 6.07) is 0. The molecule has 0 radical (unpaired) electrons. The standard InChI is InChI=1S/C7H11F.C2H6/c1-6-2-4-7(8)5-3-6;1-2/h4,6H,2-3,5H2,1H3;1-2H3. The second-order valence-corrected chi connectivity index (χ2v) is 2.53. The van der Waals surface area contributed by atoms with E-state index >= 15 is 0 Å². The minimum absolute atomic E-state index is 0.0862. The van der Waals surface area contributed by atoms with Crippen LogP contribution in [0.2, 0.25) is 0 Å². The van der Waals surface area contributed by atoms with E-state index in [1.807, 2.05) is 13.8 Å². The first kappa shape index (κ1) is 9.67. The van der Waals surface area contributed by atoms with E-state index in [1.165, 1.54) is 0 Å². The van der Waals surface area contributed by atoms with Crippen molar-refractivity contribution < 1.29 is 4.39 Å². The number of halogens is 1. The second kappa shape index (κ2) is 5.45. The Labute approximate surface area is 63.1 Å². The maximum absolute atomic E-state index is 12.2. The molecule has 0 nitrogen and oxygen atoms in total. The molecule has 0 amide bonds. The highest BCUT2D eigenvalue weighted by Gasteiger charge is 2.07. The molecule has 1 unspecified atom stereocenters. The number of hydrogen-bond acceptors (Lipinski definition) is 0. The molecular weight excluding hydrogens is 127 g/mol. The van der Waals surface area contributed by atoms with E-state index in [-0.39, 0.29) is 5.83 Å². The van der Waals surface area contributed by atoms with Gasteiger partial charge in [-0.25, -0.2) is 4.39 Å². The lowest BCUT2D eigenvalue weighted by molar-refractivity contribution is 0.451. The first-order valence-corrected chi connectivity index (χ1v) is 4.13. The fourth-order valence-electron chi connectivity index (χ4n) is 0.933. The van der Waals surface area contributed by atoms with Crippen LogP contribution in [0.15, 0.2) is 11.9 Å². The van der Waals surface area contributed by atoms with Gasteiger partial charge in [-0.1, -0.05) is 26.8 Å². The maximum atomic E-state index is 12.2. The molecule has 1 rings (SSSR count). The summed E-state index contributed by atoms with van der Waals surface area (Å²) in [6.45, 7) is 6.16. The zero-order valence-corrected chi connectivity index (χ0v) is 7.15. The van der Waals surface area contributed by atoms with Crippen LogP contribution in [0, 0.1) is 5.92 Å². The predicted molar refractivity (Wildman–Crippen MR) is 43.6 cm³/mol. The molecule has 0 heterocycles. The summed E-state index contributed by atoms with van der Waals surface area (Å²) in [5.41, 5.74) is 0. The monoisotopic (exact) mass is 144 g/mol. The molecule has 1 atom stereocenters. The summed E-state index contributed by atoms with van der Waals surface area (Å²) in [6.07, 6.45) is 4.34. The van der Waals surface area contributed by atoms with Crippen LogP contribution in [-0.2, 0) is 0 Å². The minimum atomic E-state index is 0.0862. The third-order valence-corrected chi connectivity index (χ3v) is 1.62. The Bertz CT molecular complexity index is 105. The van der Waals surface area contributed by atoms with Crippen LogP contribution >= 0.6 is 0 Å². The van der Waals surface area contributed by atoms with Gasteiger partial charge in [-0.3, -0.25) is 0 Å². The zero-order chi connectivity index (χ0) is 7.98. The topological polar surface area (TPSA) is 0 Å². The van der Waals surface area contributed by atoms with Crippen molar-refractivity contribution in [2.45, 2.75) is 40.0 Å². The average Bonchev–Trinajstić information content (AvgIpc) is 2.00. The summed E-state index contributed by atoms with van der Waals surface area (Å²) in [7, 11) is 0. The summed E-state index contributed by atoms with van der Waals surface area (Å²) < 4.78 is 12.2. The van der Waals surface area contributed by atoms with Gasteiger partial charge < -0.3 is 0 Å². The van der Waals surface area contributed by atoms with Gasteiger partial charge in [0.15, 0.2) is 0 Å². The average molecular weight is 144 g/mol. The molecule has 0 spiro atoms. The molecule has 0 aromatic heterocycles. The van der Waals surface area contributed by atoms with Crippen LogP contribution in [0.1, 0.15) is 40.0 Å². The van der Waals surface area contributed by atoms with Crippen molar-refractivity contribution in [3.8, 4) is 0 Å². The van der Waals surface area contributed by atoms with Crippen molar-refractivity contribution in [1.29, 1.82) is 0 Å². The van der Waals surface area contributed by atoms with Crippen molar-refractivity contribution >= 4 is 0 Å². The van der Waals surface area contributed by atoms with Gasteiger partial charge in [-0.05, 0) is 25.2 Å². The number of allylic oxidation sites excluding steroid dienone is 2. The fraction of sp³-hybridized carbons (Fsp3) is 0.778. The van der Waals surface area contributed by atoms with Crippen molar-refractivity contribution in [3.05, 3.63) is 11.9 Å². The fourth-order valence-corrected chi connectivity index (χ4v) is 0.933. The Morgan fingerprint density at radius 3 is 2.40 bits per heavy atom. The van der Waals surface area contributed by atoms with Gasteiger partial charge in [0.1, 0.15) is 0 Å². The highest BCUT2D eigenvalue weighted by atomic mass is 19.1. The van der Waals surface area contributed by atoms with Crippen molar-refractivity contribution in [3.63, 3.8) is 0 Å². The lowest BCUT2D eigenvalue weighted by atomic mass is 9.96. The molecule has 1 aliphatic carbocycles. The molecule has 0 bridgehead atoms. The van der Waals surface area contributed by atoms with Gasteiger partial charge in [0, 0.05) is 0 Å². The highest BCUT2D eigenvalue weighted by Crippen LogP contribution is 2.22. The number of hydrogen-bond donors (Lipinski definition) is 0. The third-order valence-electron chi connectivity index (χ3n) is 1.62. The molecule has 0 saturated heterocycles. The van der Waals surface area contributed by atoms with Crippen LogP contribution in [0.25, 0.3) is 0 Å². The maximum Gasteiger partial charge on any atom is 0.0960 e. The van der Waals surface area contributed by atoms with Gasteiger partial charge >= 0.3 is 0 Å². The predicted octanol–water partition coefficient (Wildman–Crippen LogP) is 3.69. The molecule has 60 valence electrons. The second-order valence-electron chi connectivity index (χ2n) is 2.53. The van der Waals surface area contributed by atoms with Gasteiger partial charge in [0.2, 0.25) is 0 Å². The van der Waals surface area contributed by atoms with Crippen LogP contribution in [-0.4, -0.2) is 0 Å². The van der Waals surface area contributed by atoms with Crippen molar-refractivity contribution in [2.24, 2.45) is 5.92 Å². The minimum Gasteiger partial charge on any atom is -0.212 e. The van der Waals surface area contributed by atoms with Gasteiger partial charge in [-0.2, -0.15) is 0 Å². The van der Waals surface area contributed by atoms with E-state index in [0.717, 1.165) is 12.8 Å².